The Labute approximate surface area is 244 Å². The molecular weight excluding hydrogens is 548 g/mol. The SMILES string of the molecule is CCCC(=O)OCOc1c(O)ccnc1C(=O)N[C@H]1COC(=O)[C@H](Cc2ccccc2)[C@@H](OCC(C)C)[C@H](C)OC1=O. The molecule has 0 aliphatic carbocycles. The molecule has 12 nitrogen and oxygen atoms in total. The molecule has 1 aromatic heterocycles. The summed E-state index contributed by atoms with van der Waals surface area (Å²) in [5, 5.41) is 12.7. The number of benzene rings is 1. The number of nitrogens with zero attached hydrogens (tertiary/aromatic N) is 1. The third kappa shape index (κ3) is 9.16. The highest BCUT2D eigenvalue weighted by molar-refractivity contribution is 5.98. The molecule has 0 saturated carbocycles. The second kappa shape index (κ2) is 15.7. The summed E-state index contributed by atoms with van der Waals surface area (Å²) in [6.45, 7) is 6.60. The third-order valence-corrected chi connectivity index (χ3v) is 6.34. The Morgan fingerprint density at radius 1 is 1.14 bits per heavy atom. The van der Waals surface area contributed by atoms with Gasteiger partial charge in [-0.15, -0.1) is 0 Å². The maximum absolute atomic E-state index is 13.4. The normalized spacial score (nSPS) is 20.9. The molecule has 1 saturated heterocycles. The van der Waals surface area contributed by atoms with E-state index in [1.807, 2.05) is 44.2 Å². The summed E-state index contributed by atoms with van der Waals surface area (Å²) in [7, 11) is 0. The van der Waals surface area contributed by atoms with Gasteiger partial charge in [-0.05, 0) is 31.2 Å². The molecule has 0 unspecified atom stereocenters. The van der Waals surface area contributed by atoms with Gasteiger partial charge in [-0.2, -0.15) is 0 Å². The Morgan fingerprint density at radius 3 is 2.57 bits per heavy atom. The summed E-state index contributed by atoms with van der Waals surface area (Å²) < 4.78 is 27.5. The highest BCUT2D eigenvalue weighted by Gasteiger charge is 2.40. The number of hydrogen-bond acceptors (Lipinski definition) is 11. The molecular formula is C30H38N2O10. The molecule has 1 aromatic carbocycles. The average Bonchev–Trinajstić information content (AvgIpc) is 2.98. The maximum atomic E-state index is 13.4. The number of cyclic esters (lactones) is 2. The van der Waals surface area contributed by atoms with Crippen LogP contribution in [-0.4, -0.2) is 72.2 Å². The molecule has 228 valence electrons. The molecule has 0 radical (unpaired) electrons. The summed E-state index contributed by atoms with van der Waals surface area (Å²) in [5.41, 5.74) is 0.497. The van der Waals surface area contributed by atoms with E-state index in [1.165, 1.54) is 6.07 Å². The molecule has 2 heterocycles. The highest BCUT2D eigenvalue weighted by Crippen LogP contribution is 2.29. The summed E-state index contributed by atoms with van der Waals surface area (Å²) in [6, 6.07) is 9.13. The number of ether oxygens (including phenoxy) is 5. The largest absolute Gasteiger partial charge is 0.504 e. The van der Waals surface area contributed by atoms with E-state index in [2.05, 4.69) is 10.3 Å². The van der Waals surface area contributed by atoms with Gasteiger partial charge in [-0.25, -0.2) is 9.78 Å². The van der Waals surface area contributed by atoms with Crippen molar-refractivity contribution >= 4 is 23.8 Å². The lowest BCUT2D eigenvalue weighted by atomic mass is 9.91. The van der Waals surface area contributed by atoms with E-state index in [9.17, 15) is 24.3 Å². The van der Waals surface area contributed by atoms with Crippen molar-refractivity contribution in [2.75, 3.05) is 20.0 Å². The lowest BCUT2D eigenvalue weighted by Crippen LogP contribution is -2.46. The molecule has 42 heavy (non-hydrogen) atoms. The molecule has 2 N–H and O–H groups in total. The first-order valence-electron chi connectivity index (χ1n) is 13.9. The van der Waals surface area contributed by atoms with Gasteiger partial charge in [0.15, 0.2) is 23.2 Å². The van der Waals surface area contributed by atoms with Crippen LogP contribution in [0.5, 0.6) is 11.5 Å². The fraction of sp³-hybridized carbons (Fsp3) is 0.500. The van der Waals surface area contributed by atoms with Crippen molar-refractivity contribution in [3.05, 3.63) is 53.9 Å². The summed E-state index contributed by atoms with van der Waals surface area (Å²) in [6.07, 6.45) is 0.536. The minimum atomic E-state index is -1.40. The van der Waals surface area contributed by atoms with Gasteiger partial charge in [0.2, 0.25) is 6.79 Å². The number of esters is 3. The van der Waals surface area contributed by atoms with Crippen molar-refractivity contribution in [2.45, 2.75) is 65.2 Å². The molecule has 1 aliphatic rings. The number of amides is 1. The number of aromatic hydroxyl groups is 1. The van der Waals surface area contributed by atoms with Crippen LogP contribution in [0.25, 0.3) is 0 Å². The van der Waals surface area contributed by atoms with Crippen LogP contribution < -0.4 is 10.1 Å². The number of carbonyl (C=O) groups excluding carboxylic acids is 4. The van der Waals surface area contributed by atoms with Crippen molar-refractivity contribution in [2.24, 2.45) is 11.8 Å². The Hall–Kier alpha value is -4.19. The van der Waals surface area contributed by atoms with E-state index in [4.69, 9.17) is 23.7 Å². The number of nitrogens with one attached hydrogen (secondary N) is 1. The van der Waals surface area contributed by atoms with Crippen LogP contribution in [0.2, 0.25) is 0 Å². The van der Waals surface area contributed by atoms with Gasteiger partial charge < -0.3 is 34.1 Å². The lowest BCUT2D eigenvalue weighted by molar-refractivity contribution is -0.165. The molecule has 1 amide bonds. The van der Waals surface area contributed by atoms with Gasteiger partial charge in [0.1, 0.15) is 18.8 Å². The number of rotatable bonds is 12. The first-order chi connectivity index (χ1) is 20.1. The number of hydrogen-bond donors (Lipinski definition) is 2. The zero-order chi connectivity index (χ0) is 30.6. The number of carbonyl (C=O) groups is 4. The Morgan fingerprint density at radius 2 is 1.88 bits per heavy atom. The van der Waals surface area contributed by atoms with Crippen molar-refractivity contribution < 1.29 is 48.0 Å². The maximum Gasteiger partial charge on any atom is 0.332 e. The monoisotopic (exact) mass is 586 g/mol. The molecule has 1 aliphatic heterocycles. The molecule has 12 heteroatoms. The van der Waals surface area contributed by atoms with Crippen LogP contribution >= 0.6 is 0 Å². The van der Waals surface area contributed by atoms with Crippen LogP contribution in [0.1, 0.15) is 56.6 Å². The van der Waals surface area contributed by atoms with E-state index >= 15 is 0 Å². The molecule has 2 aromatic rings. The lowest BCUT2D eigenvalue weighted by Gasteiger charge is -2.30. The van der Waals surface area contributed by atoms with Gasteiger partial charge in [-0.1, -0.05) is 51.1 Å². The van der Waals surface area contributed by atoms with Gasteiger partial charge in [-0.3, -0.25) is 14.4 Å². The van der Waals surface area contributed by atoms with E-state index in [-0.39, 0.29) is 30.2 Å². The standard InChI is InChI=1S/C30H38N2O10/c1-5-9-24(34)40-17-41-27-23(33)12-13-31-25(27)28(35)32-22-16-39-29(36)21(14-20-10-7-6-8-11-20)26(38-15-18(2)3)19(4)42-30(22)37/h6-8,10-13,18-19,21-22,26H,5,9,14-17H2,1-4H3,(H,31,33)(H,32,35)/t19-,21+,22-,26-/m0/s1. The Bertz CT molecular complexity index is 1220. The average molecular weight is 587 g/mol. The first kappa shape index (κ1) is 32.3. The molecule has 0 spiro atoms. The molecule has 4 atom stereocenters. The number of pyridine rings is 1. The van der Waals surface area contributed by atoms with E-state index in [0.717, 1.165) is 11.8 Å². The second-order valence-corrected chi connectivity index (χ2v) is 10.3. The fourth-order valence-electron chi connectivity index (χ4n) is 4.26. The predicted molar refractivity (Wildman–Crippen MR) is 148 cm³/mol. The molecule has 1 fully saturated rings. The van der Waals surface area contributed by atoms with Crippen molar-refractivity contribution in [1.29, 1.82) is 0 Å². The van der Waals surface area contributed by atoms with Crippen molar-refractivity contribution in [1.82, 2.24) is 10.3 Å². The first-order valence-corrected chi connectivity index (χ1v) is 13.9. The van der Waals surface area contributed by atoms with Crippen molar-refractivity contribution in [3.63, 3.8) is 0 Å². The Balaban J connectivity index is 1.79. The van der Waals surface area contributed by atoms with Crippen LogP contribution in [-0.2, 0) is 39.8 Å². The Kier molecular flexibility index (Phi) is 12.1. The third-order valence-electron chi connectivity index (χ3n) is 6.34. The summed E-state index contributed by atoms with van der Waals surface area (Å²) in [4.78, 5) is 55.3. The zero-order valence-electron chi connectivity index (χ0n) is 24.2. The number of aromatic nitrogens is 1. The van der Waals surface area contributed by atoms with Crippen LogP contribution in [0.4, 0.5) is 0 Å². The van der Waals surface area contributed by atoms with E-state index < -0.39 is 67.1 Å². The van der Waals surface area contributed by atoms with Crippen LogP contribution in [0, 0.1) is 11.8 Å². The van der Waals surface area contributed by atoms with Gasteiger partial charge in [0.05, 0.1) is 5.92 Å². The minimum absolute atomic E-state index is 0.155. The van der Waals surface area contributed by atoms with E-state index in [1.54, 1.807) is 13.8 Å². The smallest absolute Gasteiger partial charge is 0.332 e. The molecule has 0 bridgehead atoms. The van der Waals surface area contributed by atoms with Crippen LogP contribution in [0.15, 0.2) is 42.6 Å². The minimum Gasteiger partial charge on any atom is -0.504 e. The topological polar surface area (TPSA) is 160 Å². The highest BCUT2D eigenvalue weighted by atomic mass is 16.7. The fourth-order valence-corrected chi connectivity index (χ4v) is 4.26. The predicted octanol–water partition coefficient (Wildman–Crippen LogP) is 2.95. The van der Waals surface area contributed by atoms with Gasteiger partial charge in [0.25, 0.3) is 5.91 Å². The van der Waals surface area contributed by atoms with E-state index in [0.29, 0.717) is 13.0 Å². The molecule has 3 rings (SSSR count). The summed E-state index contributed by atoms with van der Waals surface area (Å²) in [5.74, 6) is -4.31. The summed E-state index contributed by atoms with van der Waals surface area (Å²) >= 11 is 0. The quantitative estimate of drug-likeness (QED) is 0.214. The van der Waals surface area contributed by atoms with Crippen LogP contribution in [0.3, 0.4) is 0 Å². The zero-order valence-corrected chi connectivity index (χ0v) is 24.2. The van der Waals surface area contributed by atoms with Gasteiger partial charge >= 0.3 is 17.9 Å². The second-order valence-electron chi connectivity index (χ2n) is 10.3. The van der Waals surface area contributed by atoms with Crippen molar-refractivity contribution in [3.8, 4) is 11.5 Å². The van der Waals surface area contributed by atoms with Gasteiger partial charge in [0, 0.05) is 25.3 Å².